The predicted molar refractivity (Wildman–Crippen MR) is 85.7 cm³/mol. The molecule has 2 rings (SSSR count). The van der Waals surface area contributed by atoms with E-state index in [1.54, 1.807) is 7.11 Å². The average molecular weight is 296 g/mol. The molecule has 1 aromatic rings. The number of aryl methyl sites for hydroxylation is 2. The third-order valence-electron chi connectivity index (χ3n) is 3.73. The Bertz CT molecular complexity index is 423. The second-order valence-electron chi connectivity index (χ2n) is 6.73. The van der Waals surface area contributed by atoms with Gasteiger partial charge in [-0.1, -0.05) is 0 Å². The lowest BCUT2D eigenvalue weighted by Gasteiger charge is -2.27. The Morgan fingerprint density at radius 2 is 2.20 bits per heavy atom. The maximum atomic E-state index is 5.13. The number of nitrogens with zero attached hydrogens (tertiary/aromatic N) is 1. The molecule has 0 saturated carbocycles. The van der Waals surface area contributed by atoms with Gasteiger partial charge in [-0.15, -0.1) is 11.3 Å². The quantitative estimate of drug-likeness (QED) is 0.815. The summed E-state index contributed by atoms with van der Waals surface area (Å²) in [6.45, 7) is 8.58. The summed E-state index contributed by atoms with van der Waals surface area (Å²) < 4.78 is 5.13. The smallest absolute Gasteiger partial charge is 0.0932 e. The molecular formula is C16H28N2OS. The Kier molecular flexibility index (Phi) is 5.58. The number of fused-ring (bicyclic) bond motifs is 1. The van der Waals surface area contributed by atoms with Crippen LogP contribution in [0.4, 0.5) is 0 Å². The van der Waals surface area contributed by atoms with Crippen molar-refractivity contribution in [1.82, 2.24) is 10.3 Å². The number of rotatable bonds is 6. The van der Waals surface area contributed by atoms with E-state index in [1.807, 2.05) is 11.3 Å². The number of hydrogen-bond donors (Lipinski definition) is 1. The van der Waals surface area contributed by atoms with Gasteiger partial charge in [-0.3, -0.25) is 0 Å². The molecular weight excluding hydrogens is 268 g/mol. The zero-order valence-electron chi connectivity index (χ0n) is 13.3. The number of thiazole rings is 1. The first-order chi connectivity index (χ1) is 9.49. The minimum atomic E-state index is 0.189. The highest BCUT2D eigenvalue weighted by molar-refractivity contribution is 7.11. The summed E-state index contributed by atoms with van der Waals surface area (Å²) in [5.41, 5.74) is 1.57. The van der Waals surface area contributed by atoms with Crippen LogP contribution >= 0.6 is 11.3 Å². The first-order valence-electron chi connectivity index (χ1n) is 7.72. The van der Waals surface area contributed by atoms with Gasteiger partial charge in [-0.2, -0.15) is 0 Å². The van der Waals surface area contributed by atoms with Crippen molar-refractivity contribution >= 4 is 11.3 Å². The summed E-state index contributed by atoms with van der Waals surface area (Å²) in [6.07, 6.45) is 5.95. The van der Waals surface area contributed by atoms with Crippen LogP contribution in [0.1, 0.15) is 61.5 Å². The predicted octanol–water partition coefficient (Wildman–Crippen LogP) is 3.53. The second kappa shape index (κ2) is 7.01. The van der Waals surface area contributed by atoms with Gasteiger partial charge in [0.25, 0.3) is 0 Å². The summed E-state index contributed by atoms with van der Waals surface area (Å²) >= 11 is 1.93. The van der Waals surface area contributed by atoms with Crippen LogP contribution < -0.4 is 5.32 Å². The van der Waals surface area contributed by atoms with Gasteiger partial charge in [0, 0.05) is 43.0 Å². The van der Waals surface area contributed by atoms with Crippen molar-refractivity contribution in [3.8, 4) is 0 Å². The molecule has 1 atom stereocenters. The summed E-state index contributed by atoms with van der Waals surface area (Å²) in [7, 11) is 1.76. The molecule has 0 spiro atoms. The van der Waals surface area contributed by atoms with E-state index in [1.165, 1.54) is 34.8 Å². The van der Waals surface area contributed by atoms with E-state index < -0.39 is 0 Å². The van der Waals surface area contributed by atoms with Crippen molar-refractivity contribution in [3.63, 3.8) is 0 Å². The molecule has 1 aliphatic rings. The first-order valence-corrected chi connectivity index (χ1v) is 8.53. The molecule has 0 saturated heterocycles. The lowest BCUT2D eigenvalue weighted by molar-refractivity contribution is 0.195. The van der Waals surface area contributed by atoms with E-state index in [9.17, 15) is 0 Å². The van der Waals surface area contributed by atoms with Gasteiger partial charge < -0.3 is 10.1 Å². The van der Waals surface area contributed by atoms with E-state index >= 15 is 0 Å². The summed E-state index contributed by atoms with van der Waals surface area (Å²) in [6, 6.07) is 0. The maximum absolute atomic E-state index is 5.13. The molecule has 1 unspecified atom stereocenters. The van der Waals surface area contributed by atoms with E-state index in [4.69, 9.17) is 9.72 Å². The molecule has 0 fully saturated rings. The summed E-state index contributed by atoms with van der Waals surface area (Å²) in [5.74, 6) is 0.602. The van der Waals surface area contributed by atoms with Crippen LogP contribution in [0, 0.1) is 0 Å². The van der Waals surface area contributed by atoms with Crippen molar-refractivity contribution in [2.24, 2.45) is 0 Å². The molecule has 20 heavy (non-hydrogen) atoms. The third-order valence-corrected chi connectivity index (χ3v) is 4.92. The Morgan fingerprint density at radius 3 is 2.90 bits per heavy atom. The van der Waals surface area contributed by atoms with Gasteiger partial charge in [-0.05, 0) is 46.5 Å². The topological polar surface area (TPSA) is 34.1 Å². The molecule has 3 nitrogen and oxygen atoms in total. The average Bonchev–Trinajstić information content (AvgIpc) is 2.79. The Morgan fingerprint density at radius 1 is 1.40 bits per heavy atom. The second-order valence-corrected chi connectivity index (χ2v) is 7.90. The molecule has 1 heterocycles. The van der Waals surface area contributed by atoms with E-state index in [0.717, 1.165) is 26.0 Å². The van der Waals surface area contributed by atoms with Gasteiger partial charge in [0.1, 0.15) is 0 Å². The fourth-order valence-electron chi connectivity index (χ4n) is 2.66. The fraction of sp³-hybridized carbons (Fsp3) is 0.812. The van der Waals surface area contributed by atoms with Crippen LogP contribution in [0.2, 0.25) is 0 Å². The molecule has 1 aromatic heterocycles. The van der Waals surface area contributed by atoms with Crippen LogP contribution in [0.5, 0.6) is 0 Å². The molecule has 114 valence electrons. The maximum Gasteiger partial charge on any atom is 0.0932 e. The Hall–Kier alpha value is -0.450. The molecule has 0 radical (unpaired) electrons. The van der Waals surface area contributed by atoms with E-state index in [2.05, 4.69) is 26.1 Å². The van der Waals surface area contributed by atoms with Crippen molar-refractivity contribution in [1.29, 1.82) is 0 Å². The van der Waals surface area contributed by atoms with Gasteiger partial charge in [0.2, 0.25) is 0 Å². The Labute approximate surface area is 127 Å². The molecule has 1 aliphatic carbocycles. The van der Waals surface area contributed by atoms with Crippen LogP contribution in [-0.2, 0) is 17.6 Å². The molecule has 0 bridgehead atoms. The number of nitrogens with one attached hydrogen (secondary N) is 1. The molecule has 0 aromatic carbocycles. The molecule has 0 amide bonds. The molecule has 4 heteroatoms. The summed E-state index contributed by atoms with van der Waals surface area (Å²) in [4.78, 5) is 6.46. The number of ether oxygens (including phenoxy) is 1. The highest BCUT2D eigenvalue weighted by Gasteiger charge is 2.25. The SMILES string of the molecule is COCCCc1nc2c(s1)CCCC2CNC(C)(C)C. The highest BCUT2D eigenvalue weighted by Crippen LogP contribution is 2.35. The molecule has 1 N–H and O–H groups in total. The van der Waals surface area contributed by atoms with Crippen LogP contribution in [-0.4, -0.2) is 30.8 Å². The third kappa shape index (κ3) is 4.54. The normalized spacial score (nSPS) is 19.1. The lowest BCUT2D eigenvalue weighted by Crippen LogP contribution is -2.39. The van der Waals surface area contributed by atoms with Crippen molar-refractivity contribution in [3.05, 3.63) is 15.6 Å². The standard InChI is InChI=1S/C16H28N2OS/c1-16(2,3)17-11-12-7-5-8-13-15(12)18-14(20-13)9-6-10-19-4/h12,17H,5-11H2,1-4H3. The largest absolute Gasteiger partial charge is 0.385 e. The lowest BCUT2D eigenvalue weighted by atomic mass is 9.90. The van der Waals surface area contributed by atoms with Crippen molar-refractivity contribution in [2.45, 2.75) is 64.3 Å². The van der Waals surface area contributed by atoms with Crippen LogP contribution in [0.3, 0.4) is 0 Å². The Balaban J connectivity index is 1.99. The van der Waals surface area contributed by atoms with Crippen molar-refractivity contribution in [2.75, 3.05) is 20.3 Å². The minimum Gasteiger partial charge on any atom is -0.385 e. The van der Waals surface area contributed by atoms with Crippen molar-refractivity contribution < 1.29 is 4.74 Å². The van der Waals surface area contributed by atoms with E-state index in [-0.39, 0.29) is 5.54 Å². The zero-order valence-corrected chi connectivity index (χ0v) is 14.1. The summed E-state index contributed by atoms with van der Waals surface area (Å²) in [5, 5.41) is 4.94. The fourth-order valence-corrected chi connectivity index (χ4v) is 3.90. The van der Waals surface area contributed by atoms with Gasteiger partial charge in [0.05, 0.1) is 10.7 Å². The molecule has 0 aliphatic heterocycles. The van der Waals surface area contributed by atoms with Crippen LogP contribution in [0.15, 0.2) is 0 Å². The van der Waals surface area contributed by atoms with E-state index in [0.29, 0.717) is 5.92 Å². The van der Waals surface area contributed by atoms with Gasteiger partial charge in [0.15, 0.2) is 0 Å². The van der Waals surface area contributed by atoms with Crippen LogP contribution in [0.25, 0.3) is 0 Å². The van der Waals surface area contributed by atoms with Gasteiger partial charge >= 0.3 is 0 Å². The number of hydrogen-bond acceptors (Lipinski definition) is 4. The monoisotopic (exact) mass is 296 g/mol. The number of aromatic nitrogens is 1. The number of methoxy groups -OCH3 is 1. The first kappa shape index (κ1) is 15.9. The highest BCUT2D eigenvalue weighted by atomic mass is 32.1. The minimum absolute atomic E-state index is 0.189. The zero-order chi connectivity index (χ0) is 14.6. The van der Waals surface area contributed by atoms with Gasteiger partial charge in [-0.25, -0.2) is 4.98 Å².